The molecule has 0 bridgehead atoms. The van der Waals surface area contributed by atoms with Crippen molar-refractivity contribution in [3.05, 3.63) is 17.5 Å². The van der Waals surface area contributed by atoms with Gasteiger partial charge in [0.05, 0.1) is 0 Å². The Morgan fingerprint density at radius 1 is 1.56 bits per heavy atom. The van der Waals surface area contributed by atoms with Crippen LogP contribution in [0.25, 0.3) is 0 Å². The summed E-state index contributed by atoms with van der Waals surface area (Å²) in [7, 11) is 0. The van der Waals surface area contributed by atoms with E-state index in [1.165, 1.54) is 12.4 Å². The van der Waals surface area contributed by atoms with Gasteiger partial charge in [0.1, 0.15) is 17.3 Å². The van der Waals surface area contributed by atoms with Gasteiger partial charge in [0.25, 0.3) is 0 Å². The van der Waals surface area contributed by atoms with Crippen molar-refractivity contribution in [2.24, 2.45) is 5.73 Å². The smallest absolute Gasteiger partial charge is 0.227 e. The zero-order valence-corrected chi connectivity index (χ0v) is 9.50. The molecule has 1 aliphatic carbocycles. The van der Waals surface area contributed by atoms with E-state index in [-0.39, 0.29) is 11.4 Å². The summed E-state index contributed by atoms with van der Waals surface area (Å²) in [5, 5.41) is 2.95. The molecule has 0 aliphatic heterocycles. The molecule has 6 heteroatoms. The maximum absolute atomic E-state index is 11.6. The average molecular weight is 241 g/mol. The Balaban J connectivity index is 1.92. The molecule has 1 saturated carbocycles. The molecule has 2 rings (SSSR count). The van der Waals surface area contributed by atoms with Gasteiger partial charge in [-0.1, -0.05) is 11.6 Å². The van der Waals surface area contributed by atoms with E-state index in [0.717, 1.165) is 19.3 Å². The maximum Gasteiger partial charge on any atom is 0.227 e. The van der Waals surface area contributed by atoms with Gasteiger partial charge in [0.2, 0.25) is 5.91 Å². The Labute approximate surface area is 98.4 Å². The number of nitrogens with two attached hydrogens (primary N) is 1. The largest absolute Gasteiger partial charge is 0.325 e. The summed E-state index contributed by atoms with van der Waals surface area (Å²) in [4.78, 5) is 19.3. The summed E-state index contributed by atoms with van der Waals surface area (Å²) in [5.74, 6) is 0.282. The van der Waals surface area contributed by atoms with Gasteiger partial charge < -0.3 is 11.1 Å². The molecule has 1 fully saturated rings. The Hall–Kier alpha value is -1.20. The maximum atomic E-state index is 11.6. The van der Waals surface area contributed by atoms with Crippen LogP contribution >= 0.6 is 11.6 Å². The van der Waals surface area contributed by atoms with Crippen LogP contribution < -0.4 is 11.1 Å². The zero-order valence-electron chi connectivity index (χ0n) is 8.74. The average Bonchev–Trinajstić information content (AvgIpc) is 2.15. The van der Waals surface area contributed by atoms with Crippen molar-refractivity contribution in [2.75, 3.05) is 5.32 Å². The number of amides is 1. The minimum Gasteiger partial charge on any atom is -0.325 e. The number of hydrogen-bond acceptors (Lipinski definition) is 4. The second-order valence-electron chi connectivity index (χ2n) is 4.17. The van der Waals surface area contributed by atoms with E-state index in [4.69, 9.17) is 17.3 Å². The van der Waals surface area contributed by atoms with Crippen molar-refractivity contribution in [1.29, 1.82) is 0 Å². The molecule has 5 nitrogen and oxygen atoms in total. The monoisotopic (exact) mass is 240 g/mol. The van der Waals surface area contributed by atoms with E-state index in [1.807, 2.05) is 0 Å². The Morgan fingerprint density at radius 3 is 2.88 bits per heavy atom. The van der Waals surface area contributed by atoms with Crippen LogP contribution in [0.1, 0.15) is 25.7 Å². The van der Waals surface area contributed by atoms with Crippen LogP contribution in [0, 0.1) is 0 Å². The number of aromatic nitrogens is 2. The first-order valence-corrected chi connectivity index (χ1v) is 5.51. The first kappa shape index (κ1) is 11.3. The number of hydrogen-bond donors (Lipinski definition) is 2. The molecule has 1 amide bonds. The fraction of sp³-hybridized carbons (Fsp3) is 0.500. The fourth-order valence-corrected chi connectivity index (χ4v) is 1.86. The van der Waals surface area contributed by atoms with E-state index in [9.17, 15) is 4.79 Å². The molecular weight excluding hydrogens is 228 g/mol. The zero-order chi connectivity index (χ0) is 11.6. The second kappa shape index (κ2) is 4.35. The lowest BCUT2D eigenvalue weighted by Crippen LogP contribution is -2.48. The van der Waals surface area contributed by atoms with Crippen LogP contribution in [0.3, 0.4) is 0 Å². The molecule has 0 radical (unpaired) electrons. The predicted molar refractivity (Wildman–Crippen MR) is 61.1 cm³/mol. The highest BCUT2D eigenvalue weighted by molar-refractivity contribution is 6.29. The summed E-state index contributed by atoms with van der Waals surface area (Å²) in [6.45, 7) is 0. The lowest BCUT2D eigenvalue weighted by atomic mass is 9.75. The molecule has 16 heavy (non-hydrogen) atoms. The molecule has 3 N–H and O–H groups in total. The number of carbonyl (C=O) groups excluding carboxylic acids is 1. The summed E-state index contributed by atoms with van der Waals surface area (Å²) in [6, 6.07) is 1.50. The number of rotatable bonds is 3. The SMILES string of the molecule is NC1(CC(=O)Nc2cc(Cl)ncn2)CCC1. The molecule has 1 aromatic heterocycles. The lowest BCUT2D eigenvalue weighted by Gasteiger charge is -2.37. The molecule has 1 aliphatic rings. The van der Waals surface area contributed by atoms with Gasteiger partial charge in [-0.05, 0) is 19.3 Å². The number of carbonyl (C=O) groups is 1. The fourth-order valence-electron chi connectivity index (χ4n) is 1.72. The third-order valence-electron chi connectivity index (χ3n) is 2.76. The summed E-state index contributed by atoms with van der Waals surface area (Å²) in [5.41, 5.74) is 5.65. The molecule has 0 aromatic carbocycles. The Bertz CT molecular complexity index is 406. The molecule has 1 heterocycles. The summed E-state index contributed by atoms with van der Waals surface area (Å²) < 4.78 is 0. The normalized spacial score (nSPS) is 17.6. The van der Waals surface area contributed by atoms with Crippen molar-refractivity contribution in [3.63, 3.8) is 0 Å². The lowest BCUT2D eigenvalue weighted by molar-refractivity contribution is -0.118. The van der Waals surface area contributed by atoms with Crippen molar-refractivity contribution in [1.82, 2.24) is 9.97 Å². The molecule has 1 aromatic rings. The van der Waals surface area contributed by atoms with Crippen LogP contribution in [0.2, 0.25) is 5.15 Å². The van der Waals surface area contributed by atoms with Crippen LogP contribution in [0.4, 0.5) is 5.82 Å². The molecule has 0 unspecified atom stereocenters. The minimum atomic E-state index is -0.319. The van der Waals surface area contributed by atoms with E-state index in [0.29, 0.717) is 17.4 Å². The minimum absolute atomic E-state index is 0.128. The van der Waals surface area contributed by atoms with Crippen LogP contribution in [-0.4, -0.2) is 21.4 Å². The predicted octanol–water partition coefficient (Wildman–Crippen LogP) is 1.34. The van der Waals surface area contributed by atoms with Gasteiger partial charge in [0.15, 0.2) is 0 Å². The van der Waals surface area contributed by atoms with Gasteiger partial charge >= 0.3 is 0 Å². The molecule has 0 atom stereocenters. The Morgan fingerprint density at radius 2 is 2.31 bits per heavy atom. The van der Waals surface area contributed by atoms with Gasteiger partial charge in [-0.2, -0.15) is 0 Å². The topological polar surface area (TPSA) is 80.9 Å². The molecular formula is C10H13ClN4O. The molecule has 0 spiro atoms. The first-order chi connectivity index (χ1) is 7.57. The third kappa shape index (κ3) is 2.68. The number of nitrogens with zero attached hydrogens (tertiary/aromatic N) is 2. The van der Waals surface area contributed by atoms with E-state index in [2.05, 4.69) is 15.3 Å². The number of nitrogens with one attached hydrogen (secondary N) is 1. The molecule has 0 saturated heterocycles. The van der Waals surface area contributed by atoms with Crippen molar-refractivity contribution < 1.29 is 4.79 Å². The second-order valence-corrected chi connectivity index (χ2v) is 4.55. The molecule has 86 valence electrons. The van der Waals surface area contributed by atoms with Crippen molar-refractivity contribution in [3.8, 4) is 0 Å². The number of anilines is 1. The highest BCUT2D eigenvalue weighted by Gasteiger charge is 2.34. The quantitative estimate of drug-likeness (QED) is 0.782. The summed E-state index contributed by atoms with van der Waals surface area (Å²) >= 11 is 5.67. The highest BCUT2D eigenvalue weighted by atomic mass is 35.5. The van der Waals surface area contributed by atoms with Crippen molar-refractivity contribution >= 4 is 23.3 Å². The van der Waals surface area contributed by atoms with Gasteiger partial charge in [0, 0.05) is 18.0 Å². The van der Waals surface area contributed by atoms with Crippen LogP contribution in [0.5, 0.6) is 0 Å². The van der Waals surface area contributed by atoms with Crippen molar-refractivity contribution in [2.45, 2.75) is 31.2 Å². The van der Waals surface area contributed by atoms with E-state index >= 15 is 0 Å². The first-order valence-electron chi connectivity index (χ1n) is 5.14. The summed E-state index contributed by atoms with van der Waals surface area (Å²) in [6.07, 6.45) is 4.55. The standard InChI is InChI=1S/C10H13ClN4O/c11-7-4-8(14-6-13-7)15-9(16)5-10(12)2-1-3-10/h4,6H,1-3,5,12H2,(H,13,14,15,16). The van der Waals surface area contributed by atoms with E-state index in [1.54, 1.807) is 0 Å². The third-order valence-corrected chi connectivity index (χ3v) is 2.97. The highest BCUT2D eigenvalue weighted by Crippen LogP contribution is 2.32. The van der Waals surface area contributed by atoms with E-state index < -0.39 is 0 Å². The Kier molecular flexibility index (Phi) is 3.07. The van der Waals surface area contributed by atoms with Crippen LogP contribution in [0.15, 0.2) is 12.4 Å². The van der Waals surface area contributed by atoms with Crippen LogP contribution in [-0.2, 0) is 4.79 Å². The van der Waals surface area contributed by atoms with Gasteiger partial charge in [-0.15, -0.1) is 0 Å². The number of halogens is 1. The van der Waals surface area contributed by atoms with Gasteiger partial charge in [-0.25, -0.2) is 9.97 Å². The van der Waals surface area contributed by atoms with Gasteiger partial charge in [-0.3, -0.25) is 4.79 Å².